The number of rotatable bonds is 4. The van der Waals surface area contributed by atoms with Crippen molar-refractivity contribution in [1.82, 2.24) is 10.4 Å². The number of amides is 1. The quantitative estimate of drug-likeness (QED) is 0.758. The molecule has 1 fully saturated rings. The number of carbonyl (C=O) groups is 1. The number of nitrogens with zero attached hydrogens (tertiary/aromatic N) is 1. The largest absolute Gasteiger partial charge is 0.389 e. The van der Waals surface area contributed by atoms with Gasteiger partial charge in [0, 0.05) is 5.39 Å². The van der Waals surface area contributed by atoms with Crippen molar-refractivity contribution in [3.8, 4) is 0 Å². The average Bonchev–Trinajstić information content (AvgIpc) is 2.53. The molecular formula is C18H23N3O2. The molecule has 122 valence electrons. The summed E-state index contributed by atoms with van der Waals surface area (Å²) >= 11 is 0. The third-order valence-corrected chi connectivity index (χ3v) is 4.51. The van der Waals surface area contributed by atoms with Crippen LogP contribution in [0.15, 0.2) is 30.3 Å². The summed E-state index contributed by atoms with van der Waals surface area (Å²) in [6.07, 6.45) is 4.65. The number of benzene rings is 1. The molecule has 5 nitrogen and oxygen atoms in total. The van der Waals surface area contributed by atoms with E-state index in [9.17, 15) is 9.90 Å². The molecule has 0 bridgehead atoms. The molecule has 3 rings (SSSR count). The van der Waals surface area contributed by atoms with Gasteiger partial charge in [-0.1, -0.05) is 37.5 Å². The zero-order chi connectivity index (χ0) is 16.3. The first-order chi connectivity index (χ1) is 11.1. The van der Waals surface area contributed by atoms with Crippen LogP contribution in [-0.2, 0) is 4.79 Å². The number of hydrazine groups is 1. The van der Waals surface area contributed by atoms with E-state index in [1.165, 1.54) is 0 Å². The third kappa shape index (κ3) is 3.79. The van der Waals surface area contributed by atoms with Crippen LogP contribution in [0.3, 0.4) is 0 Å². The van der Waals surface area contributed by atoms with Gasteiger partial charge in [-0.3, -0.25) is 15.6 Å². The Morgan fingerprint density at radius 3 is 2.78 bits per heavy atom. The monoisotopic (exact) mass is 313 g/mol. The second kappa shape index (κ2) is 6.54. The Hall–Kier alpha value is -2.14. The van der Waals surface area contributed by atoms with Crippen molar-refractivity contribution in [3.05, 3.63) is 35.9 Å². The summed E-state index contributed by atoms with van der Waals surface area (Å²) < 4.78 is 0. The summed E-state index contributed by atoms with van der Waals surface area (Å²) in [6.45, 7) is 1.95. The molecule has 23 heavy (non-hydrogen) atoms. The fourth-order valence-corrected chi connectivity index (χ4v) is 3.21. The topological polar surface area (TPSA) is 74.2 Å². The van der Waals surface area contributed by atoms with Crippen LogP contribution >= 0.6 is 0 Å². The zero-order valence-corrected chi connectivity index (χ0v) is 13.4. The molecule has 0 aliphatic heterocycles. The van der Waals surface area contributed by atoms with Gasteiger partial charge < -0.3 is 5.11 Å². The number of carbonyl (C=O) groups excluding carboxylic acids is 1. The van der Waals surface area contributed by atoms with E-state index in [1.807, 2.05) is 37.3 Å². The summed E-state index contributed by atoms with van der Waals surface area (Å²) in [5, 5.41) is 11.5. The third-order valence-electron chi connectivity index (χ3n) is 4.51. The lowest BCUT2D eigenvalue weighted by molar-refractivity contribution is -0.126. The molecular weight excluding hydrogens is 290 g/mol. The summed E-state index contributed by atoms with van der Waals surface area (Å²) in [7, 11) is 0. The number of para-hydroxylation sites is 1. The van der Waals surface area contributed by atoms with Crippen molar-refractivity contribution < 1.29 is 9.90 Å². The molecule has 1 amide bonds. The lowest BCUT2D eigenvalue weighted by Gasteiger charge is -2.31. The second-order valence-electron chi connectivity index (χ2n) is 6.48. The molecule has 1 aromatic heterocycles. The molecule has 1 aliphatic carbocycles. The van der Waals surface area contributed by atoms with Gasteiger partial charge >= 0.3 is 0 Å². The second-order valence-corrected chi connectivity index (χ2v) is 6.48. The molecule has 0 radical (unpaired) electrons. The van der Waals surface area contributed by atoms with Gasteiger partial charge in [0.2, 0.25) is 5.91 Å². The first-order valence-corrected chi connectivity index (χ1v) is 8.19. The highest BCUT2D eigenvalue weighted by atomic mass is 16.3. The zero-order valence-electron chi connectivity index (χ0n) is 13.4. The Labute approximate surface area is 136 Å². The van der Waals surface area contributed by atoms with E-state index in [0.29, 0.717) is 18.7 Å². The molecule has 1 heterocycles. The minimum Gasteiger partial charge on any atom is -0.389 e. The molecule has 0 atom stereocenters. The lowest BCUT2D eigenvalue weighted by Crippen LogP contribution is -2.40. The highest BCUT2D eigenvalue weighted by molar-refractivity contribution is 5.82. The molecule has 0 unspecified atom stereocenters. The molecule has 1 saturated carbocycles. The number of hydrogen-bond acceptors (Lipinski definition) is 4. The van der Waals surface area contributed by atoms with Crippen molar-refractivity contribution in [2.75, 3.05) is 5.43 Å². The predicted molar refractivity (Wildman–Crippen MR) is 90.9 cm³/mol. The minimum absolute atomic E-state index is 0.132. The Bertz CT molecular complexity index is 708. The Balaban J connectivity index is 1.63. The normalized spacial score (nSPS) is 17.0. The van der Waals surface area contributed by atoms with Crippen LogP contribution in [0.2, 0.25) is 0 Å². The van der Waals surface area contributed by atoms with Gasteiger partial charge in [-0.15, -0.1) is 0 Å². The summed E-state index contributed by atoms with van der Waals surface area (Å²) in [6, 6.07) is 9.89. The van der Waals surface area contributed by atoms with Crippen LogP contribution in [-0.4, -0.2) is 21.6 Å². The van der Waals surface area contributed by atoms with E-state index in [4.69, 9.17) is 0 Å². The van der Waals surface area contributed by atoms with Crippen molar-refractivity contribution in [2.45, 2.75) is 51.0 Å². The molecule has 1 aromatic carbocycles. The minimum atomic E-state index is -0.851. The highest BCUT2D eigenvalue weighted by Gasteiger charge is 2.31. The van der Waals surface area contributed by atoms with E-state index in [-0.39, 0.29) is 12.3 Å². The molecule has 3 N–H and O–H groups in total. The smallest absolute Gasteiger partial charge is 0.241 e. The Kier molecular flexibility index (Phi) is 4.48. The molecule has 0 saturated heterocycles. The van der Waals surface area contributed by atoms with Gasteiger partial charge in [-0.25, -0.2) is 4.98 Å². The van der Waals surface area contributed by atoms with E-state index >= 15 is 0 Å². The van der Waals surface area contributed by atoms with Crippen molar-refractivity contribution in [1.29, 1.82) is 0 Å². The van der Waals surface area contributed by atoms with Gasteiger partial charge in [0.1, 0.15) is 5.82 Å². The van der Waals surface area contributed by atoms with Crippen LogP contribution in [0.4, 0.5) is 5.82 Å². The first-order valence-electron chi connectivity index (χ1n) is 8.19. The van der Waals surface area contributed by atoms with E-state index in [2.05, 4.69) is 15.8 Å². The number of hydrogen-bond donors (Lipinski definition) is 3. The van der Waals surface area contributed by atoms with Crippen LogP contribution in [0.1, 0.15) is 44.1 Å². The number of aliphatic hydroxyl groups is 1. The fraction of sp³-hybridized carbons (Fsp3) is 0.444. The molecule has 5 heteroatoms. The standard InChI is InChI=1S/C18H23N3O2/c1-13-11-14-7-3-4-8-15(14)19-17(13)21-20-16(22)12-18(23)9-5-2-6-10-18/h3-4,7-8,11,23H,2,5-6,9-10,12H2,1H3,(H,19,21)(H,20,22). The predicted octanol–water partition coefficient (Wildman–Crippen LogP) is 3.07. The maximum absolute atomic E-state index is 12.1. The van der Waals surface area contributed by atoms with E-state index in [1.54, 1.807) is 0 Å². The number of nitrogens with one attached hydrogen (secondary N) is 2. The SMILES string of the molecule is Cc1cc2ccccc2nc1NNC(=O)CC1(O)CCCCC1. The number of aromatic nitrogens is 1. The van der Waals surface area contributed by atoms with E-state index < -0.39 is 5.60 Å². The highest BCUT2D eigenvalue weighted by Crippen LogP contribution is 2.30. The molecule has 2 aromatic rings. The molecule has 1 aliphatic rings. The van der Waals surface area contributed by atoms with Crippen LogP contribution < -0.4 is 10.9 Å². The van der Waals surface area contributed by atoms with Gasteiger partial charge in [-0.05, 0) is 37.5 Å². The van der Waals surface area contributed by atoms with Gasteiger partial charge in [0.05, 0.1) is 17.5 Å². The fourth-order valence-electron chi connectivity index (χ4n) is 3.21. The van der Waals surface area contributed by atoms with Crippen molar-refractivity contribution in [3.63, 3.8) is 0 Å². The number of aryl methyl sites for hydroxylation is 1. The summed E-state index contributed by atoms with van der Waals surface area (Å²) in [5.41, 5.74) is 6.54. The molecule has 0 spiro atoms. The Morgan fingerprint density at radius 1 is 1.26 bits per heavy atom. The van der Waals surface area contributed by atoms with Gasteiger partial charge in [0.25, 0.3) is 0 Å². The first kappa shape index (κ1) is 15.7. The van der Waals surface area contributed by atoms with Crippen LogP contribution in [0, 0.1) is 6.92 Å². The van der Waals surface area contributed by atoms with Crippen LogP contribution in [0.5, 0.6) is 0 Å². The summed E-state index contributed by atoms with van der Waals surface area (Å²) in [4.78, 5) is 16.6. The maximum atomic E-state index is 12.1. The van der Waals surface area contributed by atoms with Gasteiger partial charge in [0.15, 0.2) is 0 Å². The van der Waals surface area contributed by atoms with E-state index in [0.717, 1.165) is 35.7 Å². The lowest BCUT2D eigenvalue weighted by atomic mass is 9.82. The van der Waals surface area contributed by atoms with Crippen molar-refractivity contribution >= 4 is 22.6 Å². The average molecular weight is 313 g/mol. The maximum Gasteiger partial charge on any atom is 0.241 e. The summed E-state index contributed by atoms with van der Waals surface area (Å²) in [5.74, 6) is 0.427. The Morgan fingerprint density at radius 2 is 2.00 bits per heavy atom. The van der Waals surface area contributed by atoms with Gasteiger partial charge in [-0.2, -0.15) is 0 Å². The number of fused-ring (bicyclic) bond motifs is 1. The van der Waals surface area contributed by atoms with Crippen molar-refractivity contribution in [2.24, 2.45) is 0 Å². The number of anilines is 1. The van der Waals surface area contributed by atoms with Crippen LogP contribution in [0.25, 0.3) is 10.9 Å². The number of pyridine rings is 1.